The molecule has 0 radical (unpaired) electrons. The summed E-state index contributed by atoms with van der Waals surface area (Å²) in [6.07, 6.45) is 1.15. The van der Waals surface area contributed by atoms with Crippen molar-refractivity contribution in [3.05, 3.63) is 33.8 Å². The summed E-state index contributed by atoms with van der Waals surface area (Å²) in [5, 5.41) is 0. The Morgan fingerprint density at radius 3 is 2.58 bits per heavy atom. The van der Waals surface area contributed by atoms with Gasteiger partial charge in [-0.1, -0.05) is 22.0 Å². The van der Waals surface area contributed by atoms with Crippen LogP contribution in [0.3, 0.4) is 0 Å². The summed E-state index contributed by atoms with van der Waals surface area (Å²) in [4.78, 5) is 0. The fraction of sp³-hybridized carbons (Fsp3) is 0.400. The van der Waals surface area contributed by atoms with Gasteiger partial charge in [0, 0.05) is 16.4 Å². The maximum Gasteiger partial charge on any atom is 0.0180 e. The Morgan fingerprint density at radius 2 is 2.08 bits per heavy atom. The third kappa shape index (κ3) is 1.54. The molecule has 64 valence electrons. The van der Waals surface area contributed by atoms with E-state index in [4.69, 9.17) is 5.73 Å². The maximum atomic E-state index is 5.78. The van der Waals surface area contributed by atoms with Gasteiger partial charge < -0.3 is 5.73 Å². The van der Waals surface area contributed by atoms with Gasteiger partial charge in [0.15, 0.2) is 0 Å². The number of hydrogen-bond donors (Lipinski definition) is 1. The first-order valence-corrected chi connectivity index (χ1v) is 4.99. The van der Waals surface area contributed by atoms with Gasteiger partial charge in [0.1, 0.15) is 0 Å². The molecule has 0 aromatic heterocycles. The Morgan fingerprint density at radius 1 is 1.42 bits per heavy atom. The zero-order valence-electron chi connectivity index (χ0n) is 7.05. The minimum absolute atomic E-state index is 0.402. The van der Waals surface area contributed by atoms with Gasteiger partial charge in [-0.2, -0.15) is 0 Å². The van der Waals surface area contributed by atoms with Crippen LogP contribution in [0.4, 0.5) is 0 Å². The van der Waals surface area contributed by atoms with Crippen molar-refractivity contribution in [3.63, 3.8) is 0 Å². The summed E-state index contributed by atoms with van der Waals surface area (Å²) >= 11 is 3.49. The SMILES string of the molecule is Cc1cc(Br)cc(C2CC2N)c1. The second kappa shape index (κ2) is 2.86. The van der Waals surface area contributed by atoms with Crippen molar-refractivity contribution >= 4 is 15.9 Å². The van der Waals surface area contributed by atoms with Crippen LogP contribution in [0.5, 0.6) is 0 Å². The van der Waals surface area contributed by atoms with E-state index < -0.39 is 0 Å². The van der Waals surface area contributed by atoms with Crippen molar-refractivity contribution in [1.29, 1.82) is 0 Å². The average Bonchev–Trinajstić information content (AvgIpc) is 2.64. The molecule has 0 saturated heterocycles. The Bertz CT molecular complexity index is 288. The quantitative estimate of drug-likeness (QED) is 0.782. The van der Waals surface area contributed by atoms with Gasteiger partial charge in [-0.15, -0.1) is 0 Å². The molecule has 0 amide bonds. The van der Waals surface area contributed by atoms with E-state index >= 15 is 0 Å². The van der Waals surface area contributed by atoms with Crippen LogP contribution in [0.15, 0.2) is 22.7 Å². The minimum atomic E-state index is 0.402. The maximum absolute atomic E-state index is 5.78. The standard InChI is InChI=1S/C10H12BrN/c1-6-2-7(4-8(11)3-6)9-5-10(9)12/h2-4,9-10H,5,12H2,1H3. The predicted molar refractivity (Wildman–Crippen MR) is 54.2 cm³/mol. The number of halogens is 1. The van der Waals surface area contributed by atoms with Gasteiger partial charge in [0.05, 0.1) is 0 Å². The highest BCUT2D eigenvalue weighted by atomic mass is 79.9. The van der Waals surface area contributed by atoms with Crippen LogP contribution in [0.2, 0.25) is 0 Å². The zero-order chi connectivity index (χ0) is 8.72. The molecule has 1 aromatic rings. The Kier molecular flexibility index (Phi) is 1.97. The third-order valence-electron chi connectivity index (χ3n) is 2.33. The predicted octanol–water partition coefficient (Wildman–Crippen LogP) is 2.57. The van der Waals surface area contributed by atoms with Crippen LogP contribution in [-0.2, 0) is 0 Å². The number of aryl methyl sites for hydroxylation is 1. The summed E-state index contributed by atoms with van der Waals surface area (Å²) < 4.78 is 1.16. The molecule has 0 heterocycles. The molecule has 2 atom stereocenters. The molecule has 2 rings (SSSR count). The molecule has 1 aliphatic rings. The second-order valence-corrected chi connectivity index (χ2v) is 4.48. The van der Waals surface area contributed by atoms with Crippen molar-refractivity contribution in [2.24, 2.45) is 5.73 Å². The summed E-state index contributed by atoms with van der Waals surface area (Å²) in [5.41, 5.74) is 8.47. The monoisotopic (exact) mass is 225 g/mol. The molecule has 2 N–H and O–H groups in total. The van der Waals surface area contributed by atoms with Gasteiger partial charge in [0.25, 0.3) is 0 Å². The van der Waals surface area contributed by atoms with Crippen molar-refractivity contribution < 1.29 is 0 Å². The smallest absolute Gasteiger partial charge is 0.0180 e. The molecule has 12 heavy (non-hydrogen) atoms. The lowest BCUT2D eigenvalue weighted by Crippen LogP contribution is -2.00. The van der Waals surface area contributed by atoms with Gasteiger partial charge in [-0.25, -0.2) is 0 Å². The molecule has 0 aliphatic heterocycles. The lowest BCUT2D eigenvalue weighted by atomic mass is 10.1. The van der Waals surface area contributed by atoms with Crippen molar-refractivity contribution in [1.82, 2.24) is 0 Å². The van der Waals surface area contributed by atoms with E-state index in [1.807, 2.05) is 0 Å². The molecule has 1 aliphatic carbocycles. The minimum Gasteiger partial charge on any atom is -0.327 e. The molecule has 2 heteroatoms. The van der Waals surface area contributed by atoms with Crippen LogP contribution in [0, 0.1) is 6.92 Å². The average molecular weight is 226 g/mol. The highest BCUT2D eigenvalue weighted by Gasteiger charge is 2.34. The first-order chi connectivity index (χ1) is 5.66. The van der Waals surface area contributed by atoms with E-state index in [0.29, 0.717) is 12.0 Å². The molecule has 0 spiro atoms. The van der Waals surface area contributed by atoms with E-state index in [1.165, 1.54) is 11.1 Å². The first-order valence-electron chi connectivity index (χ1n) is 4.19. The van der Waals surface area contributed by atoms with Crippen molar-refractivity contribution in [3.8, 4) is 0 Å². The lowest BCUT2D eigenvalue weighted by Gasteiger charge is -2.01. The van der Waals surface area contributed by atoms with E-state index in [0.717, 1.165) is 10.9 Å². The summed E-state index contributed by atoms with van der Waals surface area (Å²) in [7, 11) is 0. The normalized spacial score (nSPS) is 27.2. The van der Waals surface area contributed by atoms with Crippen LogP contribution in [0.25, 0.3) is 0 Å². The number of benzene rings is 1. The Hall–Kier alpha value is -0.340. The first kappa shape index (κ1) is 8.27. The summed E-state index contributed by atoms with van der Waals surface area (Å²) in [5.74, 6) is 0.612. The molecule has 1 fully saturated rings. The topological polar surface area (TPSA) is 26.0 Å². The molecule has 2 unspecified atom stereocenters. The van der Waals surface area contributed by atoms with Gasteiger partial charge in [0.2, 0.25) is 0 Å². The molecular formula is C10H12BrN. The van der Waals surface area contributed by atoms with E-state index in [9.17, 15) is 0 Å². The molecule has 1 nitrogen and oxygen atoms in total. The number of nitrogens with two attached hydrogens (primary N) is 1. The van der Waals surface area contributed by atoms with E-state index in [1.54, 1.807) is 0 Å². The Balaban J connectivity index is 2.32. The van der Waals surface area contributed by atoms with Gasteiger partial charge >= 0.3 is 0 Å². The van der Waals surface area contributed by atoms with E-state index in [-0.39, 0.29) is 0 Å². The fourth-order valence-electron chi connectivity index (χ4n) is 1.58. The van der Waals surface area contributed by atoms with Crippen LogP contribution in [0.1, 0.15) is 23.5 Å². The largest absolute Gasteiger partial charge is 0.327 e. The van der Waals surface area contributed by atoms with Crippen molar-refractivity contribution in [2.75, 3.05) is 0 Å². The highest BCUT2D eigenvalue weighted by molar-refractivity contribution is 9.10. The summed E-state index contributed by atoms with van der Waals surface area (Å²) in [6, 6.07) is 6.92. The summed E-state index contributed by atoms with van der Waals surface area (Å²) in [6.45, 7) is 2.11. The number of hydrogen-bond acceptors (Lipinski definition) is 1. The molecule has 1 aromatic carbocycles. The highest BCUT2D eigenvalue weighted by Crippen LogP contribution is 2.40. The zero-order valence-corrected chi connectivity index (χ0v) is 8.64. The molecular weight excluding hydrogens is 214 g/mol. The second-order valence-electron chi connectivity index (χ2n) is 3.57. The van der Waals surface area contributed by atoms with Crippen LogP contribution >= 0.6 is 15.9 Å². The van der Waals surface area contributed by atoms with Crippen molar-refractivity contribution in [2.45, 2.75) is 25.3 Å². The van der Waals surface area contributed by atoms with Gasteiger partial charge in [-0.05, 0) is 36.6 Å². The fourth-order valence-corrected chi connectivity index (χ4v) is 2.20. The third-order valence-corrected chi connectivity index (χ3v) is 2.79. The van der Waals surface area contributed by atoms with Crippen LogP contribution < -0.4 is 5.73 Å². The Labute approximate surface area is 81.1 Å². The van der Waals surface area contributed by atoms with E-state index in [2.05, 4.69) is 41.1 Å². The van der Waals surface area contributed by atoms with Crippen LogP contribution in [-0.4, -0.2) is 6.04 Å². The number of rotatable bonds is 1. The lowest BCUT2D eigenvalue weighted by molar-refractivity contribution is 0.987. The molecule has 1 saturated carbocycles. The van der Waals surface area contributed by atoms with Gasteiger partial charge in [-0.3, -0.25) is 0 Å². The molecule has 0 bridgehead atoms.